The van der Waals surface area contributed by atoms with E-state index in [2.05, 4.69) is 58.8 Å². The average Bonchev–Trinajstić information content (AvgIpc) is 2.59. The van der Waals surface area contributed by atoms with Gasteiger partial charge in [0.25, 0.3) is 0 Å². The molecule has 0 aromatic carbocycles. The maximum absolute atomic E-state index is 8.81. The molecule has 3 nitrogen and oxygen atoms in total. The Hall–Kier alpha value is -1.12. The van der Waals surface area contributed by atoms with E-state index in [1.807, 2.05) is 26.1 Å². The second-order valence-electron chi connectivity index (χ2n) is 6.76. The average molecular weight is 371 g/mol. The molecule has 1 heterocycles. The molecule has 1 rings (SSSR count). The van der Waals surface area contributed by atoms with Crippen molar-refractivity contribution in [3.63, 3.8) is 0 Å². The maximum Gasteiger partial charge on any atom is 0.116 e. The van der Waals surface area contributed by atoms with Crippen molar-refractivity contribution >= 4 is 12.5 Å². The Balaban J connectivity index is -0.000000130. The molecule has 0 atom stereocenters. The fourth-order valence-electron chi connectivity index (χ4n) is 1.97. The molecule has 0 unspecified atom stereocenters. The van der Waals surface area contributed by atoms with Crippen molar-refractivity contribution in [1.82, 2.24) is 5.32 Å². The minimum atomic E-state index is 0.750. The second-order valence-corrected chi connectivity index (χ2v) is 6.76. The van der Waals surface area contributed by atoms with Gasteiger partial charge in [-0.05, 0) is 31.3 Å². The molecule has 0 amide bonds. The predicted molar refractivity (Wildman–Crippen MR) is 122 cm³/mol. The Labute approximate surface area is 166 Å². The molecule has 0 spiro atoms. The van der Waals surface area contributed by atoms with Crippen LogP contribution in [0.1, 0.15) is 108 Å². The second kappa shape index (κ2) is 31.6. The zero-order valence-electron chi connectivity index (χ0n) is 19.7. The van der Waals surface area contributed by atoms with Gasteiger partial charge >= 0.3 is 0 Å². The Kier molecular flexibility index (Phi) is 39.6. The van der Waals surface area contributed by atoms with Crippen molar-refractivity contribution in [1.29, 1.82) is 0 Å². The highest BCUT2D eigenvalue weighted by Crippen LogP contribution is 2.10. The Morgan fingerprint density at radius 2 is 1.46 bits per heavy atom. The van der Waals surface area contributed by atoms with Gasteiger partial charge in [-0.25, -0.2) is 0 Å². The summed E-state index contributed by atoms with van der Waals surface area (Å²) < 4.78 is 0. The summed E-state index contributed by atoms with van der Waals surface area (Å²) in [7, 11) is 0. The highest BCUT2D eigenvalue weighted by atomic mass is 16.1. The third-order valence-electron chi connectivity index (χ3n) is 2.86. The van der Waals surface area contributed by atoms with Gasteiger partial charge in [0.05, 0.1) is 0 Å². The summed E-state index contributed by atoms with van der Waals surface area (Å²) >= 11 is 0. The molecule has 0 aliphatic carbocycles. The van der Waals surface area contributed by atoms with E-state index in [0.717, 1.165) is 31.2 Å². The van der Waals surface area contributed by atoms with Crippen LogP contribution in [0.15, 0.2) is 16.8 Å². The van der Waals surface area contributed by atoms with Crippen LogP contribution in [0.3, 0.4) is 0 Å². The number of allylic oxidation sites excluding steroid dienone is 2. The van der Waals surface area contributed by atoms with E-state index in [1.54, 1.807) is 0 Å². The van der Waals surface area contributed by atoms with Crippen molar-refractivity contribution in [2.75, 3.05) is 6.67 Å². The van der Waals surface area contributed by atoms with Gasteiger partial charge in [-0.3, -0.25) is 4.99 Å². The highest BCUT2D eigenvalue weighted by molar-refractivity contribution is 5.72. The minimum absolute atomic E-state index is 0.750. The fraction of sp³-hybridized carbons (Fsp3) is 0.826. The first-order chi connectivity index (χ1) is 12.4. The molecule has 0 saturated heterocycles. The smallest absolute Gasteiger partial charge is 0.116 e. The molecule has 0 bridgehead atoms. The maximum atomic E-state index is 8.81. The Morgan fingerprint density at radius 3 is 1.73 bits per heavy atom. The summed E-state index contributed by atoms with van der Waals surface area (Å²) in [6, 6.07) is 0. The van der Waals surface area contributed by atoms with E-state index in [0.29, 0.717) is 0 Å². The van der Waals surface area contributed by atoms with E-state index in [1.165, 1.54) is 44.7 Å². The van der Waals surface area contributed by atoms with E-state index >= 15 is 0 Å². The molecular weight excluding hydrogens is 320 g/mol. The third kappa shape index (κ3) is 43.4. The van der Waals surface area contributed by atoms with Crippen molar-refractivity contribution in [3.8, 4) is 0 Å². The molecule has 1 N–H and O–H groups in total. The lowest BCUT2D eigenvalue weighted by Crippen LogP contribution is -2.16. The molecule has 0 fully saturated rings. The van der Waals surface area contributed by atoms with Gasteiger partial charge in [-0.1, -0.05) is 94.4 Å². The van der Waals surface area contributed by atoms with Crippen molar-refractivity contribution in [2.24, 2.45) is 16.8 Å². The number of hydrogen-bond acceptors (Lipinski definition) is 3. The van der Waals surface area contributed by atoms with E-state index in [9.17, 15) is 0 Å². The van der Waals surface area contributed by atoms with Crippen LogP contribution in [0.2, 0.25) is 0 Å². The van der Waals surface area contributed by atoms with Crippen LogP contribution in [0.4, 0.5) is 0 Å². The number of hydrogen-bond donors (Lipinski definition) is 1. The van der Waals surface area contributed by atoms with Crippen LogP contribution in [0, 0.1) is 11.8 Å². The number of rotatable bonds is 6. The predicted octanol–water partition coefficient (Wildman–Crippen LogP) is 7.42. The van der Waals surface area contributed by atoms with Gasteiger partial charge in [0, 0.05) is 11.9 Å². The molecule has 1 aliphatic rings. The summed E-state index contributed by atoms with van der Waals surface area (Å²) in [6.45, 7) is 21.7. The van der Waals surface area contributed by atoms with Crippen LogP contribution < -0.4 is 5.32 Å². The Morgan fingerprint density at radius 1 is 1.04 bits per heavy atom. The van der Waals surface area contributed by atoms with Crippen molar-refractivity contribution in [3.05, 3.63) is 11.8 Å². The van der Waals surface area contributed by atoms with Crippen LogP contribution in [-0.4, -0.2) is 19.2 Å². The van der Waals surface area contributed by atoms with Crippen LogP contribution in [0.5, 0.6) is 0 Å². The van der Waals surface area contributed by atoms with Gasteiger partial charge < -0.3 is 10.1 Å². The first kappa shape index (κ1) is 32.5. The SMILES string of the molecule is CC.CC(C)C.CC=O.CCCC(C)CCC.CCCC1=CC=NCN1. The monoisotopic (exact) mass is 370 g/mol. The van der Waals surface area contributed by atoms with Gasteiger partial charge in [0.2, 0.25) is 0 Å². The lowest BCUT2D eigenvalue weighted by molar-refractivity contribution is -0.106. The van der Waals surface area contributed by atoms with E-state index < -0.39 is 0 Å². The van der Waals surface area contributed by atoms with E-state index in [4.69, 9.17) is 4.79 Å². The highest BCUT2D eigenvalue weighted by Gasteiger charge is 1.96. The number of nitrogens with zero attached hydrogens (tertiary/aromatic N) is 1. The molecule has 0 radical (unpaired) electrons. The standard InChI is InChI=1S/C8H18.C7H12N2.C4H10.C2H4O.C2H6/c1-4-6-8(3)7-5-2;1-2-3-7-4-5-8-6-9-7;1-4(2)3;1-2-3;1-2/h8H,4-7H2,1-3H3;4-5,9H,2-3,6H2,1H3;4H,1-3H3;2H,1H3;1-2H3. The molecule has 26 heavy (non-hydrogen) atoms. The summed E-state index contributed by atoms with van der Waals surface area (Å²) in [6.07, 6.45) is 12.5. The first-order valence-electron chi connectivity index (χ1n) is 10.7. The molecule has 0 saturated carbocycles. The number of aldehydes is 1. The zero-order valence-corrected chi connectivity index (χ0v) is 19.7. The van der Waals surface area contributed by atoms with Gasteiger partial charge in [0.15, 0.2) is 0 Å². The summed E-state index contributed by atoms with van der Waals surface area (Å²) in [5.74, 6) is 1.80. The molecule has 0 aromatic rings. The zero-order chi connectivity index (χ0) is 21.2. The molecular formula is C23H50N2O. The lowest BCUT2D eigenvalue weighted by Gasteiger charge is -2.09. The summed E-state index contributed by atoms with van der Waals surface area (Å²) in [5, 5.41) is 3.18. The van der Waals surface area contributed by atoms with Gasteiger partial charge in [-0.2, -0.15) is 0 Å². The van der Waals surface area contributed by atoms with E-state index in [-0.39, 0.29) is 0 Å². The molecule has 1 aliphatic heterocycles. The van der Waals surface area contributed by atoms with Crippen LogP contribution in [0.25, 0.3) is 0 Å². The first-order valence-corrected chi connectivity index (χ1v) is 10.7. The fourth-order valence-corrected chi connectivity index (χ4v) is 1.97. The molecule has 0 aromatic heterocycles. The Bertz CT molecular complexity index is 288. The summed E-state index contributed by atoms with van der Waals surface area (Å²) in [4.78, 5) is 12.8. The number of aliphatic imine (C=N–C) groups is 1. The van der Waals surface area contributed by atoms with Crippen LogP contribution >= 0.6 is 0 Å². The quantitative estimate of drug-likeness (QED) is 0.494. The largest absolute Gasteiger partial charge is 0.370 e. The number of nitrogens with one attached hydrogen (secondary N) is 1. The molecule has 3 heteroatoms. The van der Waals surface area contributed by atoms with Gasteiger partial charge in [-0.15, -0.1) is 0 Å². The van der Waals surface area contributed by atoms with Crippen LogP contribution in [-0.2, 0) is 4.79 Å². The topological polar surface area (TPSA) is 41.5 Å². The molecule has 158 valence electrons. The summed E-state index contributed by atoms with van der Waals surface area (Å²) in [5.41, 5.74) is 1.31. The normalized spacial score (nSPS) is 11.2. The minimum Gasteiger partial charge on any atom is -0.370 e. The van der Waals surface area contributed by atoms with Crippen molar-refractivity contribution < 1.29 is 4.79 Å². The van der Waals surface area contributed by atoms with Crippen molar-refractivity contribution in [2.45, 2.75) is 108 Å². The number of carbonyl (C=O) groups is 1. The number of carbonyl (C=O) groups excluding carboxylic acids is 1. The van der Waals surface area contributed by atoms with Gasteiger partial charge in [0.1, 0.15) is 13.0 Å². The lowest BCUT2D eigenvalue weighted by atomic mass is 10.0. The third-order valence-corrected chi connectivity index (χ3v) is 2.86.